The van der Waals surface area contributed by atoms with E-state index in [1.807, 2.05) is 6.08 Å². The molecule has 1 aliphatic heterocycles. The number of fused-ring (bicyclic) bond motifs is 1. The van der Waals surface area contributed by atoms with Gasteiger partial charge in [0.05, 0.1) is 0 Å². The van der Waals surface area contributed by atoms with Crippen molar-refractivity contribution in [2.75, 3.05) is 19.6 Å². The van der Waals surface area contributed by atoms with Gasteiger partial charge in [-0.05, 0) is 56.3 Å². The van der Waals surface area contributed by atoms with Gasteiger partial charge in [0.25, 0.3) is 0 Å². The van der Waals surface area contributed by atoms with E-state index in [0.717, 1.165) is 6.54 Å². The van der Waals surface area contributed by atoms with Gasteiger partial charge in [0.1, 0.15) is 0 Å². The van der Waals surface area contributed by atoms with Crippen molar-refractivity contribution in [3.8, 4) is 0 Å². The average molecular weight is 270 g/mol. The normalized spacial score (nSPS) is 24.3. The number of hydrogen-bond donors (Lipinski definition) is 1. The highest BCUT2D eigenvalue weighted by molar-refractivity contribution is 5.30. The number of rotatable bonds is 4. The SMILES string of the molecule is C=CCN1CCC(N[C@H]2CCc3ccccc3C2)CC1. The van der Waals surface area contributed by atoms with Gasteiger partial charge in [-0.1, -0.05) is 30.3 Å². The molecular weight excluding hydrogens is 244 g/mol. The summed E-state index contributed by atoms with van der Waals surface area (Å²) >= 11 is 0. The fraction of sp³-hybridized carbons (Fsp3) is 0.556. The molecule has 20 heavy (non-hydrogen) atoms. The van der Waals surface area contributed by atoms with Gasteiger partial charge in [0.15, 0.2) is 0 Å². The van der Waals surface area contributed by atoms with E-state index in [2.05, 4.69) is 41.1 Å². The van der Waals surface area contributed by atoms with Gasteiger partial charge in [0, 0.05) is 18.6 Å². The topological polar surface area (TPSA) is 15.3 Å². The maximum absolute atomic E-state index is 3.91. The minimum atomic E-state index is 0.681. The zero-order chi connectivity index (χ0) is 13.8. The van der Waals surface area contributed by atoms with E-state index in [-0.39, 0.29) is 0 Å². The highest BCUT2D eigenvalue weighted by Gasteiger charge is 2.23. The van der Waals surface area contributed by atoms with Crippen LogP contribution in [0.1, 0.15) is 30.4 Å². The van der Waals surface area contributed by atoms with E-state index in [9.17, 15) is 0 Å². The number of nitrogens with zero attached hydrogens (tertiary/aromatic N) is 1. The summed E-state index contributed by atoms with van der Waals surface area (Å²) in [7, 11) is 0. The molecule has 2 heteroatoms. The number of aryl methyl sites for hydroxylation is 1. The van der Waals surface area contributed by atoms with Crippen molar-refractivity contribution in [2.24, 2.45) is 0 Å². The van der Waals surface area contributed by atoms with Crippen LogP contribution in [0, 0.1) is 0 Å². The molecule has 0 amide bonds. The van der Waals surface area contributed by atoms with Crippen LogP contribution >= 0.6 is 0 Å². The molecule has 0 aromatic heterocycles. The predicted molar refractivity (Wildman–Crippen MR) is 85.0 cm³/mol. The van der Waals surface area contributed by atoms with Crippen molar-refractivity contribution in [1.29, 1.82) is 0 Å². The van der Waals surface area contributed by atoms with Crippen molar-refractivity contribution in [1.82, 2.24) is 10.2 Å². The summed E-state index contributed by atoms with van der Waals surface area (Å²) < 4.78 is 0. The van der Waals surface area contributed by atoms with E-state index in [1.54, 1.807) is 11.1 Å². The first-order valence-corrected chi connectivity index (χ1v) is 8.01. The monoisotopic (exact) mass is 270 g/mol. The molecule has 1 fully saturated rings. The van der Waals surface area contributed by atoms with Crippen molar-refractivity contribution >= 4 is 0 Å². The van der Waals surface area contributed by atoms with Crippen LogP contribution < -0.4 is 5.32 Å². The lowest BCUT2D eigenvalue weighted by atomic mass is 9.87. The zero-order valence-electron chi connectivity index (χ0n) is 12.4. The maximum atomic E-state index is 3.91. The van der Waals surface area contributed by atoms with Gasteiger partial charge in [-0.2, -0.15) is 0 Å². The molecule has 0 saturated carbocycles. The number of nitrogens with one attached hydrogen (secondary N) is 1. The van der Waals surface area contributed by atoms with Crippen LogP contribution in [-0.2, 0) is 12.8 Å². The number of likely N-dealkylation sites (tertiary alicyclic amines) is 1. The Morgan fingerprint density at radius 2 is 1.85 bits per heavy atom. The van der Waals surface area contributed by atoms with Crippen LogP contribution in [0.4, 0.5) is 0 Å². The highest BCUT2D eigenvalue weighted by Crippen LogP contribution is 2.22. The summed E-state index contributed by atoms with van der Waals surface area (Å²) in [6.45, 7) is 7.31. The Hall–Kier alpha value is -1.12. The van der Waals surface area contributed by atoms with Crippen LogP contribution in [0.3, 0.4) is 0 Å². The largest absolute Gasteiger partial charge is 0.311 e. The fourth-order valence-electron chi connectivity index (χ4n) is 3.64. The molecular formula is C18H26N2. The number of piperidine rings is 1. The molecule has 1 N–H and O–H groups in total. The van der Waals surface area contributed by atoms with Crippen molar-refractivity contribution in [2.45, 2.75) is 44.2 Å². The van der Waals surface area contributed by atoms with Crippen molar-refractivity contribution in [3.05, 3.63) is 48.0 Å². The molecule has 108 valence electrons. The Morgan fingerprint density at radius 3 is 2.60 bits per heavy atom. The molecule has 0 radical (unpaired) electrons. The van der Waals surface area contributed by atoms with Gasteiger partial charge in [-0.25, -0.2) is 0 Å². The third-order valence-corrected chi connectivity index (χ3v) is 4.79. The predicted octanol–water partition coefficient (Wildman–Crippen LogP) is 2.78. The highest BCUT2D eigenvalue weighted by atomic mass is 15.1. The van der Waals surface area contributed by atoms with Gasteiger partial charge >= 0.3 is 0 Å². The molecule has 1 aromatic rings. The average Bonchev–Trinajstić information content (AvgIpc) is 2.49. The Labute approximate surface area is 122 Å². The first-order valence-electron chi connectivity index (χ1n) is 8.01. The second-order valence-electron chi connectivity index (χ2n) is 6.24. The molecule has 1 aliphatic carbocycles. The van der Waals surface area contributed by atoms with Gasteiger partial charge < -0.3 is 5.32 Å². The second-order valence-corrected chi connectivity index (χ2v) is 6.24. The third kappa shape index (κ3) is 3.31. The Balaban J connectivity index is 1.49. The molecule has 1 saturated heterocycles. The number of hydrogen-bond acceptors (Lipinski definition) is 2. The quantitative estimate of drug-likeness (QED) is 0.846. The summed E-state index contributed by atoms with van der Waals surface area (Å²) in [6, 6.07) is 10.3. The van der Waals surface area contributed by atoms with Crippen LogP contribution in [0.15, 0.2) is 36.9 Å². The van der Waals surface area contributed by atoms with Gasteiger partial charge in [-0.15, -0.1) is 6.58 Å². The molecule has 2 aliphatic rings. The smallest absolute Gasteiger partial charge is 0.0160 e. The van der Waals surface area contributed by atoms with E-state index in [1.165, 1.54) is 45.2 Å². The Kier molecular flexibility index (Phi) is 4.54. The van der Waals surface area contributed by atoms with Gasteiger partial charge in [0.2, 0.25) is 0 Å². The summed E-state index contributed by atoms with van der Waals surface area (Å²) in [5.41, 5.74) is 3.12. The lowest BCUT2D eigenvalue weighted by Gasteiger charge is -2.35. The molecule has 3 rings (SSSR count). The summed E-state index contributed by atoms with van der Waals surface area (Å²) in [6.07, 6.45) is 8.33. The second kappa shape index (κ2) is 6.55. The summed E-state index contributed by atoms with van der Waals surface area (Å²) in [5, 5.41) is 3.91. The number of benzene rings is 1. The third-order valence-electron chi connectivity index (χ3n) is 4.79. The molecule has 0 bridgehead atoms. The molecule has 0 unspecified atom stereocenters. The van der Waals surface area contributed by atoms with Crippen LogP contribution in [0.5, 0.6) is 0 Å². The molecule has 1 atom stereocenters. The lowest BCUT2D eigenvalue weighted by Crippen LogP contribution is -2.47. The maximum Gasteiger partial charge on any atom is 0.0160 e. The van der Waals surface area contributed by atoms with E-state index < -0.39 is 0 Å². The summed E-state index contributed by atoms with van der Waals surface area (Å²) in [5.74, 6) is 0. The summed E-state index contributed by atoms with van der Waals surface area (Å²) in [4.78, 5) is 2.50. The van der Waals surface area contributed by atoms with E-state index in [4.69, 9.17) is 0 Å². The first kappa shape index (κ1) is 13.8. The zero-order valence-corrected chi connectivity index (χ0v) is 12.4. The van der Waals surface area contributed by atoms with Gasteiger partial charge in [-0.3, -0.25) is 4.90 Å². The Morgan fingerprint density at radius 1 is 1.10 bits per heavy atom. The van der Waals surface area contributed by atoms with Crippen LogP contribution in [-0.4, -0.2) is 36.6 Å². The minimum Gasteiger partial charge on any atom is -0.311 e. The molecule has 1 aromatic carbocycles. The first-order chi connectivity index (χ1) is 9.85. The van der Waals surface area contributed by atoms with E-state index >= 15 is 0 Å². The van der Waals surface area contributed by atoms with Crippen molar-refractivity contribution < 1.29 is 0 Å². The van der Waals surface area contributed by atoms with E-state index in [0.29, 0.717) is 12.1 Å². The van der Waals surface area contributed by atoms with Crippen LogP contribution in [0.2, 0.25) is 0 Å². The minimum absolute atomic E-state index is 0.681. The standard InChI is InChI=1S/C18H26N2/c1-2-11-20-12-9-17(10-13-20)19-18-8-7-15-5-3-4-6-16(15)14-18/h2-6,17-19H,1,7-14H2/t18-/m0/s1. The fourth-order valence-corrected chi connectivity index (χ4v) is 3.64. The van der Waals surface area contributed by atoms with Crippen molar-refractivity contribution in [3.63, 3.8) is 0 Å². The molecule has 1 heterocycles. The lowest BCUT2D eigenvalue weighted by molar-refractivity contribution is 0.204. The molecule has 2 nitrogen and oxygen atoms in total. The molecule has 0 spiro atoms. The van der Waals surface area contributed by atoms with Crippen LogP contribution in [0.25, 0.3) is 0 Å². The Bertz CT molecular complexity index is 446.